The van der Waals surface area contributed by atoms with Gasteiger partial charge in [-0.1, -0.05) is 24.3 Å². The molecule has 2 aromatic carbocycles. The van der Waals surface area contributed by atoms with E-state index in [0.717, 1.165) is 11.9 Å². The lowest BCUT2D eigenvalue weighted by Crippen LogP contribution is -2.16. The van der Waals surface area contributed by atoms with Crippen LogP contribution in [-0.2, 0) is 26.5 Å². The highest BCUT2D eigenvalue weighted by Gasteiger charge is 2.23. The molecule has 0 fully saturated rings. The van der Waals surface area contributed by atoms with Crippen LogP contribution in [0.15, 0.2) is 82.7 Å². The van der Waals surface area contributed by atoms with Gasteiger partial charge in [-0.3, -0.25) is 9.71 Å². The molecule has 1 N–H and O–H groups in total. The van der Waals surface area contributed by atoms with Gasteiger partial charge in [0, 0.05) is 18.5 Å². The zero-order valence-electron chi connectivity index (χ0n) is 14.9. The van der Waals surface area contributed by atoms with E-state index < -0.39 is 19.9 Å². The van der Waals surface area contributed by atoms with E-state index in [9.17, 15) is 16.8 Å². The molecule has 3 rings (SSSR count). The number of hydrogen-bond acceptors (Lipinski definition) is 6. The van der Waals surface area contributed by atoms with Gasteiger partial charge in [0.15, 0.2) is 9.84 Å². The first-order valence-electron chi connectivity index (χ1n) is 8.20. The third-order valence-corrected chi connectivity index (χ3v) is 6.46. The Labute approximate surface area is 164 Å². The van der Waals surface area contributed by atoms with Gasteiger partial charge in [-0.25, -0.2) is 16.8 Å². The van der Waals surface area contributed by atoms with Crippen molar-refractivity contribution in [3.63, 3.8) is 0 Å². The van der Waals surface area contributed by atoms with Crippen molar-refractivity contribution < 1.29 is 21.6 Å². The van der Waals surface area contributed by atoms with Gasteiger partial charge in [-0.05, 0) is 36.4 Å². The molecule has 0 saturated carbocycles. The topological polar surface area (TPSA) is 102 Å². The number of pyridine rings is 1. The standard InChI is InChI=1S/C19H18N2O5S2/c1-27(22,23)18-10-2-3-11-19(18)28(24,25)21-15-8-6-9-17(13-15)26-14-16-7-4-5-12-20-16/h2-13,21H,14H2,1H3. The number of sulfonamides is 1. The minimum absolute atomic E-state index is 0.230. The average Bonchev–Trinajstić information content (AvgIpc) is 2.66. The van der Waals surface area contributed by atoms with Gasteiger partial charge in [0.1, 0.15) is 17.3 Å². The molecule has 0 amide bonds. The van der Waals surface area contributed by atoms with Gasteiger partial charge in [-0.2, -0.15) is 0 Å². The molecule has 1 aromatic heterocycles. The fraction of sp³-hybridized carbons (Fsp3) is 0.105. The van der Waals surface area contributed by atoms with Crippen molar-refractivity contribution in [2.45, 2.75) is 16.4 Å². The van der Waals surface area contributed by atoms with Gasteiger partial charge in [0.25, 0.3) is 10.0 Å². The van der Waals surface area contributed by atoms with Gasteiger partial charge < -0.3 is 4.74 Å². The Kier molecular flexibility index (Phi) is 5.66. The zero-order chi connectivity index (χ0) is 20.2. The summed E-state index contributed by atoms with van der Waals surface area (Å²) in [6.07, 6.45) is 2.62. The summed E-state index contributed by atoms with van der Waals surface area (Å²) < 4.78 is 57.3. The molecular weight excluding hydrogens is 400 g/mol. The molecule has 0 bridgehead atoms. The molecule has 0 aliphatic rings. The molecule has 0 unspecified atom stereocenters. The second-order valence-corrected chi connectivity index (χ2v) is 9.60. The van der Waals surface area contributed by atoms with Crippen LogP contribution in [0.4, 0.5) is 5.69 Å². The number of hydrogen-bond donors (Lipinski definition) is 1. The quantitative estimate of drug-likeness (QED) is 0.633. The second kappa shape index (κ2) is 7.99. The molecule has 0 aliphatic heterocycles. The lowest BCUT2D eigenvalue weighted by Gasteiger charge is -2.12. The van der Waals surface area contributed by atoms with E-state index in [1.165, 1.54) is 30.3 Å². The van der Waals surface area contributed by atoms with Gasteiger partial charge in [0.05, 0.1) is 16.3 Å². The van der Waals surface area contributed by atoms with Crippen LogP contribution in [0.2, 0.25) is 0 Å². The molecule has 3 aromatic rings. The number of sulfone groups is 1. The van der Waals surface area contributed by atoms with Crippen LogP contribution in [0.25, 0.3) is 0 Å². The van der Waals surface area contributed by atoms with Crippen LogP contribution in [0.1, 0.15) is 5.69 Å². The zero-order valence-corrected chi connectivity index (χ0v) is 16.6. The largest absolute Gasteiger partial charge is 0.487 e. The van der Waals surface area contributed by atoms with E-state index in [2.05, 4.69) is 9.71 Å². The number of rotatable bonds is 7. The van der Waals surface area contributed by atoms with Gasteiger partial charge in [-0.15, -0.1) is 0 Å². The van der Waals surface area contributed by atoms with Crippen molar-refractivity contribution in [1.29, 1.82) is 0 Å². The molecule has 28 heavy (non-hydrogen) atoms. The highest BCUT2D eigenvalue weighted by Crippen LogP contribution is 2.25. The summed E-state index contributed by atoms with van der Waals surface area (Å²) in [7, 11) is -7.82. The summed E-state index contributed by atoms with van der Waals surface area (Å²) in [6.45, 7) is 0.230. The molecule has 146 valence electrons. The predicted octanol–water partition coefficient (Wildman–Crippen LogP) is 2.86. The smallest absolute Gasteiger partial charge is 0.263 e. The minimum atomic E-state index is -4.11. The van der Waals surface area contributed by atoms with E-state index in [-0.39, 0.29) is 22.1 Å². The van der Waals surface area contributed by atoms with Crippen molar-refractivity contribution in [1.82, 2.24) is 4.98 Å². The Morgan fingerprint density at radius 1 is 0.893 bits per heavy atom. The molecule has 7 nitrogen and oxygen atoms in total. The molecule has 0 atom stereocenters. The maximum Gasteiger partial charge on any atom is 0.263 e. The number of nitrogens with one attached hydrogen (secondary N) is 1. The summed E-state index contributed by atoms with van der Waals surface area (Å²) in [4.78, 5) is 3.59. The van der Waals surface area contributed by atoms with Crippen LogP contribution < -0.4 is 9.46 Å². The second-order valence-electron chi connectivity index (χ2n) is 5.96. The Balaban J connectivity index is 1.82. The first kappa shape index (κ1) is 19.8. The van der Waals surface area contributed by atoms with E-state index in [0.29, 0.717) is 5.75 Å². The molecule has 0 aliphatic carbocycles. The van der Waals surface area contributed by atoms with E-state index >= 15 is 0 Å². The van der Waals surface area contributed by atoms with Crippen molar-refractivity contribution in [2.75, 3.05) is 11.0 Å². The van der Waals surface area contributed by atoms with Gasteiger partial charge in [0.2, 0.25) is 0 Å². The summed E-state index contributed by atoms with van der Waals surface area (Å²) in [5, 5.41) is 0. The van der Waals surface area contributed by atoms with Crippen LogP contribution in [0, 0.1) is 0 Å². The SMILES string of the molecule is CS(=O)(=O)c1ccccc1S(=O)(=O)Nc1cccc(OCc2ccccn2)c1. The summed E-state index contributed by atoms with van der Waals surface area (Å²) >= 11 is 0. The predicted molar refractivity (Wildman–Crippen MR) is 105 cm³/mol. The minimum Gasteiger partial charge on any atom is -0.487 e. The number of aromatic nitrogens is 1. The summed E-state index contributed by atoms with van der Waals surface area (Å²) in [6, 6.07) is 17.3. The maximum atomic E-state index is 12.7. The van der Waals surface area contributed by atoms with Crippen molar-refractivity contribution in [3.8, 4) is 5.75 Å². The van der Waals surface area contributed by atoms with E-state index in [1.54, 1.807) is 30.5 Å². The lowest BCUT2D eigenvalue weighted by atomic mass is 10.3. The van der Waals surface area contributed by atoms with Crippen LogP contribution in [0.3, 0.4) is 0 Å². The van der Waals surface area contributed by atoms with E-state index in [4.69, 9.17) is 4.74 Å². The fourth-order valence-electron chi connectivity index (χ4n) is 2.48. The lowest BCUT2D eigenvalue weighted by molar-refractivity contribution is 0.301. The number of benzene rings is 2. The maximum absolute atomic E-state index is 12.7. The van der Waals surface area contributed by atoms with E-state index in [1.807, 2.05) is 12.1 Å². The summed E-state index contributed by atoms with van der Waals surface area (Å²) in [5.41, 5.74) is 0.984. The Morgan fingerprint density at radius 3 is 2.29 bits per heavy atom. The van der Waals surface area contributed by atoms with Crippen LogP contribution in [-0.4, -0.2) is 28.1 Å². The van der Waals surface area contributed by atoms with Crippen LogP contribution >= 0.6 is 0 Å². The highest BCUT2D eigenvalue weighted by atomic mass is 32.2. The highest BCUT2D eigenvalue weighted by molar-refractivity contribution is 7.95. The molecule has 9 heteroatoms. The molecule has 0 spiro atoms. The molecule has 1 heterocycles. The molecular formula is C19H18N2O5S2. The summed E-state index contributed by atoms with van der Waals surface area (Å²) in [5.74, 6) is 0.447. The number of nitrogens with zero attached hydrogens (tertiary/aromatic N) is 1. The third-order valence-electron chi connectivity index (χ3n) is 3.74. The van der Waals surface area contributed by atoms with Crippen molar-refractivity contribution >= 4 is 25.5 Å². The fourth-order valence-corrected chi connectivity index (χ4v) is 5.16. The number of anilines is 1. The monoisotopic (exact) mass is 418 g/mol. The molecule has 0 radical (unpaired) electrons. The first-order chi connectivity index (χ1) is 13.3. The normalized spacial score (nSPS) is 11.8. The van der Waals surface area contributed by atoms with Crippen molar-refractivity contribution in [2.24, 2.45) is 0 Å². The average molecular weight is 418 g/mol. The van der Waals surface area contributed by atoms with Gasteiger partial charge >= 0.3 is 0 Å². The Bertz CT molecular complexity index is 1180. The third kappa shape index (κ3) is 4.87. The van der Waals surface area contributed by atoms with Crippen molar-refractivity contribution in [3.05, 3.63) is 78.6 Å². The number of ether oxygens (including phenoxy) is 1. The van der Waals surface area contributed by atoms with Crippen LogP contribution in [0.5, 0.6) is 5.75 Å². The Hall–Kier alpha value is -2.91. The molecule has 0 saturated heterocycles. The Morgan fingerprint density at radius 2 is 1.61 bits per heavy atom. The first-order valence-corrected chi connectivity index (χ1v) is 11.6.